The monoisotopic (exact) mass is 523 g/mol. The lowest BCUT2D eigenvalue weighted by atomic mass is 10.1. The van der Waals surface area contributed by atoms with Gasteiger partial charge < -0.3 is 24.4 Å². The maximum Gasteiger partial charge on any atom is 0.246 e. The van der Waals surface area contributed by atoms with Crippen molar-refractivity contribution in [3.63, 3.8) is 0 Å². The van der Waals surface area contributed by atoms with Gasteiger partial charge in [-0.2, -0.15) is 5.10 Å². The molecule has 6 rings (SSSR count). The molecule has 11 heteroatoms. The standard InChI is InChI=1S/C28H25N7O4/c1-4-27(36)34-13-19(14-34)39-25-10-20-21(11-24(25)38-3)29-15-31-28(20)33-22-9-17(5-7-23(22)37-2)18-6-8-26-30-16-32-35(26)12-18/h4-12,15-16,19H,1,13-14H2,2-3H3,(H,29,31,33). The average Bonchev–Trinajstić information content (AvgIpc) is 3.42. The van der Waals surface area contributed by atoms with Gasteiger partial charge in [0.25, 0.3) is 0 Å². The highest BCUT2D eigenvalue weighted by molar-refractivity contribution is 5.94. The van der Waals surface area contributed by atoms with Crippen molar-refractivity contribution in [2.45, 2.75) is 6.10 Å². The molecule has 0 saturated carbocycles. The molecule has 1 saturated heterocycles. The van der Waals surface area contributed by atoms with E-state index in [4.69, 9.17) is 14.2 Å². The van der Waals surface area contributed by atoms with Crippen molar-refractivity contribution in [3.8, 4) is 28.4 Å². The Morgan fingerprint density at radius 2 is 1.79 bits per heavy atom. The van der Waals surface area contributed by atoms with Crippen LogP contribution in [0.15, 0.2) is 74.0 Å². The molecular formula is C28H25N7O4. The van der Waals surface area contributed by atoms with E-state index in [9.17, 15) is 4.79 Å². The quantitative estimate of drug-likeness (QED) is 0.303. The molecule has 0 radical (unpaired) electrons. The summed E-state index contributed by atoms with van der Waals surface area (Å²) in [6.45, 7) is 4.49. The summed E-state index contributed by atoms with van der Waals surface area (Å²) in [7, 11) is 3.20. The van der Waals surface area contributed by atoms with Gasteiger partial charge in [0.1, 0.15) is 30.3 Å². The zero-order valence-electron chi connectivity index (χ0n) is 21.4. The number of benzene rings is 2. The highest BCUT2D eigenvalue weighted by Gasteiger charge is 2.31. The first-order valence-electron chi connectivity index (χ1n) is 12.2. The van der Waals surface area contributed by atoms with E-state index in [0.29, 0.717) is 41.7 Å². The van der Waals surface area contributed by atoms with E-state index in [2.05, 4.69) is 31.9 Å². The number of carbonyl (C=O) groups excluding carboxylic acids is 1. The Kier molecular flexibility index (Phi) is 6.16. The predicted molar refractivity (Wildman–Crippen MR) is 146 cm³/mol. The van der Waals surface area contributed by atoms with Gasteiger partial charge >= 0.3 is 0 Å². The number of nitrogens with zero attached hydrogens (tertiary/aromatic N) is 6. The van der Waals surface area contributed by atoms with E-state index in [1.165, 1.54) is 18.7 Å². The lowest BCUT2D eigenvalue weighted by Gasteiger charge is -2.38. The van der Waals surface area contributed by atoms with Crippen LogP contribution in [-0.2, 0) is 4.79 Å². The van der Waals surface area contributed by atoms with Gasteiger partial charge in [-0.25, -0.2) is 19.5 Å². The number of methoxy groups -OCH3 is 2. The fraction of sp³-hybridized carbons (Fsp3) is 0.179. The second-order valence-corrected chi connectivity index (χ2v) is 8.95. The Balaban J connectivity index is 1.33. The number of nitrogens with one attached hydrogen (secondary N) is 1. The molecule has 1 N–H and O–H groups in total. The van der Waals surface area contributed by atoms with Gasteiger partial charge in [0, 0.05) is 23.2 Å². The summed E-state index contributed by atoms with van der Waals surface area (Å²) in [4.78, 5) is 26.6. The summed E-state index contributed by atoms with van der Waals surface area (Å²) in [6.07, 6.45) is 6.09. The summed E-state index contributed by atoms with van der Waals surface area (Å²) in [5, 5.41) is 8.39. The molecule has 0 atom stereocenters. The second-order valence-electron chi connectivity index (χ2n) is 8.95. The van der Waals surface area contributed by atoms with Crippen LogP contribution in [0.2, 0.25) is 0 Å². The first kappa shape index (κ1) is 24.2. The fourth-order valence-electron chi connectivity index (χ4n) is 4.52. The smallest absolute Gasteiger partial charge is 0.246 e. The molecule has 0 unspecified atom stereocenters. The maximum absolute atomic E-state index is 11.8. The molecular weight excluding hydrogens is 498 g/mol. The van der Waals surface area contributed by atoms with Gasteiger partial charge in [-0.1, -0.05) is 12.6 Å². The van der Waals surface area contributed by atoms with Crippen LogP contribution >= 0.6 is 0 Å². The lowest BCUT2D eigenvalue weighted by Crippen LogP contribution is -2.55. The Labute approximate surface area is 223 Å². The lowest BCUT2D eigenvalue weighted by molar-refractivity contribution is -0.134. The first-order chi connectivity index (χ1) is 19.1. The van der Waals surface area contributed by atoms with E-state index >= 15 is 0 Å². The van der Waals surface area contributed by atoms with Crippen LogP contribution in [0.4, 0.5) is 11.5 Å². The van der Waals surface area contributed by atoms with Gasteiger partial charge in [0.05, 0.1) is 38.5 Å². The number of carbonyl (C=O) groups is 1. The van der Waals surface area contributed by atoms with Crippen molar-refractivity contribution in [2.75, 3.05) is 32.6 Å². The molecule has 11 nitrogen and oxygen atoms in total. The number of aromatic nitrogens is 5. The minimum Gasteiger partial charge on any atom is -0.495 e. The summed E-state index contributed by atoms with van der Waals surface area (Å²) in [5.41, 5.74) is 4.11. The number of pyridine rings is 1. The molecule has 4 heterocycles. The number of hydrogen-bond acceptors (Lipinski definition) is 9. The van der Waals surface area contributed by atoms with Crippen LogP contribution in [-0.4, -0.2) is 68.8 Å². The number of anilines is 2. The van der Waals surface area contributed by atoms with Crippen LogP contribution in [0.5, 0.6) is 17.2 Å². The average molecular weight is 524 g/mol. The number of likely N-dealkylation sites (tertiary alicyclic amines) is 1. The summed E-state index contributed by atoms with van der Waals surface area (Å²) >= 11 is 0. The molecule has 39 heavy (non-hydrogen) atoms. The van der Waals surface area contributed by atoms with Gasteiger partial charge in [-0.05, 0) is 42.0 Å². The summed E-state index contributed by atoms with van der Waals surface area (Å²) in [5.74, 6) is 2.20. The van der Waals surface area contributed by atoms with Crippen LogP contribution in [0.1, 0.15) is 0 Å². The second kappa shape index (κ2) is 9.93. The Hall–Kier alpha value is -5.19. The van der Waals surface area contributed by atoms with Crippen molar-refractivity contribution >= 4 is 34.0 Å². The third-order valence-corrected chi connectivity index (χ3v) is 6.61. The SMILES string of the molecule is C=CC(=O)N1CC(Oc2cc3c(Nc4cc(-c5ccc6ncnn6c5)ccc4OC)ncnc3cc2OC)C1. The third-order valence-electron chi connectivity index (χ3n) is 6.61. The number of ether oxygens (including phenoxy) is 3. The molecule has 0 aliphatic carbocycles. The van der Waals surface area contributed by atoms with Crippen LogP contribution in [0, 0.1) is 0 Å². The molecule has 1 aliphatic heterocycles. The molecule has 1 aliphatic rings. The number of amides is 1. The molecule has 5 aromatic rings. The molecule has 0 bridgehead atoms. The third kappa shape index (κ3) is 4.54. The van der Waals surface area contributed by atoms with E-state index in [1.807, 2.05) is 48.7 Å². The first-order valence-corrected chi connectivity index (χ1v) is 12.2. The van der Waals surface area contributed by atoms with E-state index in [-0.39, 0.29) is 12.0 Å². The molecule has 1 fully saturated rings. The van der Waals surface area contributed by atoms with E-state index < -0.39 is 0 Å². The fourth-order valence-corrected chi connectivity index (χ4v) is 4.52. The number of rotatable bonds is 8. The van der Waals surface area contributed by atoms with Gasteiger partial charge in [0.2, 0.25) is 5.91 Å². The van der Waals surface area contributed by atoms with Crippen molar-refractivity contribution in [3.05, 3.63) is 74.0 Å². The Morgan fingerprint density at radius 1 is 0.974 bits per heavy atom. The maximum atomic E-state index is 11.8. The van der Waals surface area contributed by atoms with Crippen molar-refractivity contribution < 1.29 is 19.0 Å². The number of fused-ring (bicyclic) bond motifs is 2. The van der Waals surface area contributed by atoms with Crippen LogP contribution in [0.3, 0.4) is 0 Å². The zero-order chi connectivity index (χ0) is 26.9. The van der Waals surface area contributed by atoms with Crippen molar-refractivity contribution in [1.29, 1.82) is 0 Å². The highest BCUT2D eigenvalue weighted by atomic mass is 16.5. The highest BCUT2D eigenvalue weighted by Crippen LogP contribution is 2.38. The van der Waals surface area contributed by atoms with Crippen LogP contribution in [0.25, 0.3) is 27.7 Å². The molecule has 3 aromatic heterocycles. The molecule has 1 amide bonds. The predicted octanol–water partition coefficient (Wildman–Crippen LogP) is 3.88. The van der Waals surface area contributed by atoms with Crippen molar-refractivity contribution in [1.82, 2.24) is 29.5 Å². The summed E-state index contributed by atoms with van der Waals surface area (Å²) in [6, 6.07) is 13.4. The minimum absolute atomic E-state index is 0.113. The molecule has 196 valence electrons. The topological polar surface area (TPSA) is 116 Å². The van der Waals surface area contributed by atoms with Gasteiger partial charge in [0.15, 0.2) is 17.1 Å². The van der Waals surface area contributed by atoms with Gasteiger partial charge in [-0.3, -0.25) is 4.79 Å². The molecule has 2 aromatic carbocycles. The minimum atomic E-state index is -0.152. The van der Waals surface area contributed by atoms with Gasteiger partial charge in [-0.15, -0.1) is 0 Å². The van der Waals surface area contributed by atoms with E-state index in [1.54, 1.807) is 23.6 Å². The number of hydrogen-bond donors (Lipinski definition) is 1. The zero-order valence-corrected chi connectivity index (χ0v) is 21.4. The van der Waals surface area contributed by atoms with Crippen LogP contribution < -0.4 is 19.5 Å². The van der Waals surface area contributed by atoms with Crippen molar-refractivity contribution in [2.24, 2.45) is 0 Å². The van der Waals surface area contributed by atoms with E-state index in [0.717, 1.165) is 27.8 Å². The normalized spacial score (nSPS) is 13.2. The summed E-state index contributed by atoms with van der Waals surface area (Å²) < 4.78 is 19.1. The largest absolute Gasteiger partial charge is 0.495 e. The Morgan fingerprint density at radius 3 is 2.59 bits per heavy atom. The molecule has 0 spiro atoms. The Bertz CT molecular complexity index is 1710.